The Morgan fingerprint density at radius 3 is 2.71 bits per heavy atom. The van der Waals surface area contributed by atoms with Gasteiger partial charge in [-0.15, -0.1) is 11.3 Å². The molecule has 0 fully saturated rings. The Morgan fingerprint density at radius 1 is 1.25 bits per heavy atom. The average molecular weight is 401 g/mol. The van der Waals surface area contributed by atoms with E-state index in [1.807, 2.05) is 18.2 Å². The fourth-order valence-corrected chi connectivity index (χ4v) is 3.92. The van der Waals surface area contributed by atoms with Crippen molar-refractivity contribution in [2.75, 3.05) is 0 Å². The van der Waals surface area contributed by atoms with Gasteiger partial charge in [0.1, 0.15) is 0 Å². The van der Waals surface area contributed by atoms with Gasteiger partial charge in [0.25, 0.3) is 5.91 Å². The highest BCUT2D eigenvalue weighted by Gasteiger charge is 2.19. The molecular formula is C19H17BrN2OS. The van der Waals surface area contributed by atoms with Gasteiger partial charge in [0.05, 0.1) is 11.6 Å². The van der Waals surface area contributed by atoms with Crippen LogP contribution in [0.25, 0.3) is 0 Å². The monoisotopic (exact) mass is 400 g/mol. The van der Waals surface area contributed by atoms with E-state index in [0.29, 0.717) is 5.56 Å². The van der Waals surface area contributed by atoms with E-state index < -0.39 is 0 Å². The minimum atomic E-state index is -0.113. The number of rotatable bonds is 5. The van der Waals surface area contributed by atoms with E-state index in [2.05, 4.69) is 56.7 Å². The number of amides is 1. The van der Waals surface area contributed by atoms with Crippen LogP contribution in [0.4, 0.5) is 0 Å². The predicted octanol–water partition coefficient (Wildman–Crippen LogP) is 4.93. The van der Waals surface area contributed by atoms with Crippen LogP contribution in [-0.2, 0) is 6.42 Å². The first-order valence-corrected chi connectivity index (χ1v) is 9.30. The predicted molar refractivity (Wildman–Crippen MR) is 101 cm³/mol. The summed E-state index contributed by atoms with van der Waals surface area (Å²) in [5, 5.41) is 5.23. The second-order valence-electron chi connectivity index (χ2n) is 5.58. The summed E-state index contributed by atoms with van der Waals surface area (Å²) < 4.78 is 0.794. The Hall–Kier alpha value is -1.98. The molecule has 3 rings (SSSR count). The first kappa shape index (κ1) is 16.9. The van der Waals surface area contributed by atoms with Gasteiger partial charge in [-0.25, -0.2) is 0 Å². The number of hydrogen-bond donors (Lipinski definition) is 1. The van der Waals surface area contributed by atoms with Crippen molar-refractivity contribution in [1.82, 2.24) is 10.3 Å². The van der Waals surface area contributed by atoms with E-state index in [0.717, 1.165) is 10.9 Å². The van der Waals surface area contributed by atoms with Gasteiger partial charge >= 0.3 is 0 Å². The van der Waals surface area contributed by atoms with Gasteiger partial charge in [0.2, 0.25) is 0 Å². The van der Waals surface area contributed by atoms with Gasteiger partial charge < -0.3 is 5.32 Å². The van der Waals surface area contributed by atoms with Gasteiger partial charge in [-0.1, -0.05) is 30.3 Å². The molecule has 1 N–H and O–H groups in total. The molecule has 3 nitrogen and oxygen atoms in total. The van der Waals surface area contributed by atoms with Crippen molar-refractivity contribution in [3.8, 4) is 0 Å². The Kier molecular flexibility index (Phi) is 5.43. The molecule has 1 atom stereocenters. The molecular weight excluding hydrogens is 384 g/mol. The van der Waals surface area contributed by atoms with Gasteiger partial charge in [0.15, 0.2) is 0 Å². The van der Waals surface area contributed by atoms with Crippen molar-refractivity contribution < 1.29 is 4.79 Å². The van der Waals surface area contributed by atoms with Crippen molar-refractivity contribution in [2.24, 2.45) is 0 Å². The van der Waals surface area contributed by atoms with Crippen LogP contribution >= 0.6 is 27.3 Å². The number of nitrogens with one attached hydrogen (secondary N) is 1. The van der Waals surface area contributed by atoms with Crippen molar-refractivity contribution in [3.05, 3.63) is 86.3 Å². The largest absolute Gasteiger partial charge is 0.344 e. The fraction of sp³-hybridized carbons (Fsp3) is 0.158. The molecule has 1 aromatic carbocycles. The summed E-state index contributed by atoms with van der Waals surface area (Å²) in [5.74, 6) is -0.113. The number of pyridine rings is 1. The molecule has 122 valence electrons. The van der Waals surface area contributed by atoms with Crippen molar-refractivity contribution in [1.29, 1.82) is 0 Å². The molecule has 2 heterocycles. The Labute approximate surface area is 153 Å². The molecule has 1 amide bonds. The number of carbonyl (C=O) groups excluding carboxylic acids is 1. The number of thiophene rings is 1. The number of aryl methyl sites for hydroxylation is 1. The van der Waals surface area contributed by atoms with Crippen LogP contribution in [-0.4, -0.2) is 10.9 Å². The van der Waals surface area contributed by atoms with Gasteiger partial charge in [0, 0.05) is 21.7 Å². The van der Waals surface area contributed by atoms with Gasteiger partial charge in [-0.05, 0) is 57.9 Å². The quantitative estimate of drug-likeness (QED) is 0.659. The molecule has 1 unspecified atom stereocenters. The van der Waals surface area contributed by atoms with E-state index in [1.54, 1.807) is 29.8 Å². The van der Waals surface area contributed by atoms with Crippen LogP contribution in [0.1, 0.15) is 32.4 Å². The number of aromatic nitrogens is 1. The second-order valence-corrected chi connectivity index (χ2v) is 7.44. The fourth-order valence-electron chi connectivity index (χ4n) is 2.58. The Bertz CT molecular complexity index is 832. The van der Waals surface area contributed by atoms with Crippen molar-refractivity contribution in [2.45, 2.75) is 19.4 Å². The Morgan fingerprint density at radius 2 is 2.04 bits per heavy atom. The third-order valence-corrected chi connectivity index (χ3v) is 5.34. The molecule has 0 aliphatic heterocycles. The minimum absolute atomic E-state index is 0.0566. The first-order valence-electron chi connectivity index (χ1n) is 7.63. The maximum Gasteiger partial charge on any atom is 0.253 e. The zero-order valence-electron chi connectivity index (χ0n) is 13.2. The number of hydrogen-bond acceptors (Lipinski definition) is 3. The standard InChI is InChI=1S/C19H17BrN2OS/c1-13-7-8-24-18(13)17(9-14-5-3-2-4-6-14)22-19(23)15-10-16(20)12-21-11-15/h2-8,10-12,17H,9H2,1H3,(H,22,23). The summed E-state index contributed by atoms with van der Waals surface area (Å²) >= 11 is 5.04. The number of benzene rings is 1. The zero-order valence-corrected chi connectivity index (χ0v) is 15.6. The van der Waals surface area contributed by atoms with Crippen molar-refractivity contribution >= 4 is 33.2 Å². The Balaban J connectivity index is 1.85. The van der Waals surface area contributed by atoms with E-state index in [4.69, 9.17) is 0 Å². The molecule has 0 bridgehead atoms. The maximum atomic E-state index is 12.6. The lowest BCUT2D eigenvalue weighted by atomic mass is 10.0. The summed E-state index contributed by atoms with van der Waals surface area (Å²) in [6.45, 7) is 2.08. The SMILES string of the molecule is Cc1ccsc1C(Cc1ccccc1)NC(=O)c1cncc(Br)c1. The molecule has 24 heavy (non-hydrogen) atoms. The lowest BCUT2D eigenvalue weighted by molar-refractivity contribution is 0.0936. The zero-order chi connectivity index (χ0) is 16.9. The normalized spacial score (nSPS) is 11.9. The molecule has 0 saturated carbocycles. The molecule has 0 aliphatic carbocycles. The molecule has 3 aromatic rings. The molecule has 2 aromatic heterocycles. The van der Waals surface area contributed by atoms with E-state index in [-0.39, 0.29) is 11.9 Å². The lowest BCUT2D eigenvalue weighted by Crippen LogP contribution is -2.30. The molecule has 5 heteroatoms. The van der Waals surface area contributed by atoms with Crippen LogP contribution in [0.3, 0.4) is 0 Å². The average Bonchev–Trinajstić information content (AvgIpc) is 3.01. The summed E-state index contributed by atoms with van der Waals surface area (Å²) in [6, 6.07) is 14.0. The summed E-state index contributed by atoms with van der Waals surface area (Å²) in [4.78, 5) is 17.9. The maximum absolute atomic E-state index is 12.6. The number of carbonyl (C=O) groups is 1. The minimum Gasteiger partial charge on any atom is -0.344 e. The highest BCUT2D eigenvalue weighted by atomic mass is 79.9. The van der Waals surface area contributed by atoms with Crippen LogP contribution in [0.15, 0.2) is 64.7 Å². The van der Waals surface area contributed by atoms with E-state index in [9.17, 15) is 4.79 Å². The van der Waals surface area contributed by atoms with Crippen LogP contribution in [0, 0.1) is 6.92 Å². The lowest BCUT2D eigenvalue weighted by Gasteiger charge is -2.19. The van der Waals surface area contributed by atoms with Crippen LogP contribution in [0.2, 0.25) is 0 Å². The highest BCUT2D eigenvalue weighted by molar-refractivity contribution is 9.10. The third-order valence-electron chi connectivity index (χ3n) is 3.77. The second kappa shape index (κ2) is 7.73. The van der Waals surface area contributed by atoms with Gasteiger partial charge in [-0.3, -0.25) is 9.78 Å². The van der Waals surface area contributed by atoms with Gasteiger partial charge in [-0.2, -0.15) is 0 Å². The van der Waals surface area contributed by atoms with E-state index in [1.165, 1.54) is 16.0 Å². The summed E-state index contributed by atoms with van der Waals surface area (Å²) in [7, 11) is 0. The van der Waals surface area contributed by atoms with Crippen LogP contribution in [0.5, 0.6) is 0 Å². The highest BCUT2D eigenvalue weighted by Crippen LogP contribution is 2.27. The van der Waals surface area contributed by atoms with E-state index >= 15 is 0 Å². The summed E-state index contributed by atoms with van der Waals surface area (Å²) in [5.41, 5.74) is 2.95. The third kappa shape index (κ3) is 4.10. The molecule has 0 radical (unpaired) electrons. The molecule has 0 spiro atoms. The first-order chi connectivity index (χ1) is 11.6. The van der Waals surface area contributed by atoms with Crippen molar-refractivity contribution in [3.63, 3.8) is 0 Å². The number of nitrogens with zero attached hydrogens (tertiary/aromatic N) is 1. The summed E-state index contributed by atoms with van der Waals surface area (Å²) in [6.07, 6.45) is 4.01. The molecule has 0 aliphatic rings. The topological polar surface area (TPSA) is 42.0 Å². The smallest absolute Gasteiger partial charge is 0.253 e. The van der Waals surface area contributed by atoms with Crippen LogP contribution < -0.4 is 5.32 Å². The number of halogens is 1. The molecule has 0 saturated heterocycles.